The Kier molecular flexibility index (Phi) is 8.83. The van der Waals surface area contributed by atoms with E-state index in [1.807, 2.05) is 25.9 Å². The fraction of sp³-hybridized carbons (Fsp3) is 0.238. The van der Waals surface area contributed by atoms with Gasteiger partial charge in [-0.2, -0.15) is 0 Å². The standard InChI is InChI=1S/C21H25N7O3S.ClH/c1-14(28(2)3)11-25-32(30,31)17-8-6-15(7-9-17)18-13-24-20(22)19(27-18)21(29)26-16-5-4-10-23-12-16;/h4-10,12-14,25H,11H2,1-3H3,(H2,22,24)(H,26,29);1H. The number of likely N-dealkylation sites (N-methyl/N-ethyl adjacent to an activating group) is 1. The van der Waals surface area contributed by atoms with Crippen molar-refractivity contribution < 1.29 is 13.2 Å². The zero-order valence-electron chi connectivity index (χ0n) is 18.4. The molecule has 1 unspecified atom stereocenters. The molecule has 3 aromatic rings. The van der Waals surface area contributed by atoms with E-state index in [4.69, 9.17) is 5.73 Å². The topological polar surface area (TPSA) is 143 Å². The predicted octanol–water partition coefficient (Wildman–Crippen LogP) is 2.02. The maximum Gasteiger partial charge on any atom is 0.278 e. The van der Waals surface area contributed by atoms with Gasteiger partial charge < -0.3 is 16.0 Å². The first-order chi connectivity index (χ1) is 15.2. The third kappa shape index (κ3) is 6.68. The number of rotatable bonds is 8. The maximum absolute atomic E-state index is 12.6. The van der Waals surface area contributed by atoms with E-state index >= 15 is 0 Å². The number of halogens is 1. The van der Waals surface area contributed by atoms with Gasteiger partial charge in [-0.1, -0.05) is 12.1 Å². The lowest BCUT2D eigenvalue weighted by molar-refractivity contribution is 0.102. The molecule has 10 nitrogen and oxygen atoms in total. The SMILES string of the molecule is CC(CNS(=O)(=O)c1ccc(-c2cnc(N)c(C(=O)Nc3cccnc3)n2)cc1)N(C)C.Cl. The Bertz CT molecular complexity index is 1190. The highest BCUT2D eigenvalue weighted by atomic mass is 35.5. The number of amides is 1. The van der Waals surface area contributed by atoms with Gasteiger partial charge in [0.1, 0.15) is 0 Å². The van der Waals surface area contributed by atoms with Crippen molar-refractivity contribution in [1.29, 1.82) is 0 Å². The number of sulfonamides is 1. The molecular weight excluding hydrogens is 466 g/mol. The number of carbonyl (C=O) groups is 1. The highest BCUT2D eigenvalue weighted by Gasteiger charge is 2.18. The van der Waals surface area contributed by atoms with E-state index in [-0.39, 0.29) is 41.4 Å². The fourth-order valence-electron chi connectivity index (χ4n) is 2.63. The molecule has 2 heterocycles. The van der Waals surface area contributed by atoms with Crippen molar-refractivity contribution >= 4 is 39.8 Å². The lowest BCUT2D eigenvalue weighted by atomic mass is 10.1. The van der Waals surface area contributed by atoms with Gasteiger partial charge in [-0.05, 0) is 45.3 Å². The predicted molar refractivity (Wildman–Crippen MR) is 130 cm³/mol. The zero-order chi connectivity index (χ0) is 23.3. The molecule has 2 aromatic heterocycles. The Morgan fingerprint density at radius 3 is 2.45 bits per heavy atom. The van der Waals surface area contributed by atoms with Crippen LogP contribution in [-0.4, -0.2) is 60.9 Å². The van der Waals surface area contributed by atoms with Crippen LogP contribution in [0, 0.1) is 0 Å². The Labute approximate surface area is 199 Å². The molecule has 0 spiro atoms. The van der Waals surface area contributed by atoms with E-state index in [9.17, 15) is 13.2 Å². The van der Waals surface area contributed by atoms with Crippen molar-refractivity contribution in [2.75, 3.05) is 31.7 Å². The average Bonchev–Trinajstić information content (AvgIpc) is 2.78. The Morgan fingerprint density at radius 1 is 1.15 bits per heavy atom. The molecule has 0 aliphatic heterocycles. The van der Waals surface area contributed by atoms with Gasteiger partial charge in [-0.3, -0.25) is 9.78 Å². The van der Waals surface area contributed by atoms with Crippen molar-refractivity contribution in [1.82, 2.24) is 24.6 Å². The van der Waals surface area contributed by atoms with E-state index in [0.29, 0.717) is 16.9 Å². The highest BCUT2D eigenvalue weighted by Crippen LogP contribution is 2.21. The van der Waals surface area contributed by atoms with Crippen LogP contribution in [0.5, 0.6) is 0 Å². The summed E-state index contributed by atoms with van der Waals surface area (Å²) in [5.74, 6) is -0.545. The number of benzene rings is 1. The van der Waals surface area contributed by atoms with E-state index < -0.39 is 15.9 Å². The largest absolute Gasteiger partial charge is 0.382 e. The second kappa shape index (κ2) is 11.1. The summed E-state index contributed by atoms with van der Waals surface area (Å²) < 4.78 is 27.7. The summed E-state index contributed by atoms with van der Waals surface area (Å²) >= 11 is 0. The fourth-order valence-corrected chi connectivity index (χ4v) is 3.75. The summed E-state index contributed by atoms with van der Waals surface area (Å²) in [5.41, 5.74) is 7.27. The van der Waals surface area contributed by atoms with E-state index in [0.717, 1.165) is 0 Å². The van der Waals surface area contributed by atoms with Crippen LogP contribution < -0.4 is 15.8 Å². The minimum Gasteiger partial charge on any atom is -0.382 e. The number of hydrogen-bond acceptors (Lipinski definition) is 8. The summed E-state index contributed by atoms with van der Waals surface area (Å²) in [6.07, 6.45) is 4.52. The number of anilines is 2. The second-order valence-corrected chi connectivity index (χ2v) is 9.14. The normalized spacial score (nSPS) is 12.1. The maximum atomic E-state index is 12.6. The highest BCUT2D eigenvalue weighted by molar-refractivity contribution is 7.89. The van der Waals surface area contributed by atoms with Gasteiger partial charge in [-0.25, -0.2) is 23.1 Å². The molecule has 33 heavy (non-hydrogen) atoms. The van der Waals surface area contributed by atoms with Crippen LogP contribution in [0.25, 0.3) is 11.3 Å². The zero-order valence-corrected chi connectivity index (χ0v) is 20.0. The summed E-state index contributed by atoms with van der Waals surface area (Å²) in [6.45, 7) is 2.21. The minimum absolute atomic E-state index is 0. The minimum atomic E-state index is -3.65. The number of nitrogens with one attached hydrogen (secondary N) is 2. The van der Waals surface area contributed by atoms with Crippen LogP contribution in [-0.2, 0) is 10.0 Å². The first kappa shape index (κ1) is 26.1. The Hall–Kier alpha value is -3.12. The van der Waals surface area contributed by atoms with Crippen LogP contribution >= 0.6 is 12.4 Å². The molecule has 0 fully saturated rings. The van der Waals surface area contributed by atoms with Crippen molar-refractivity contribution in [2.24, 2.45) is 0 Å². The molecule has 1 aromatic carbocycles. The molecule has 1 atom stereocenters. The monoisotopic (exact) mass is 491 g/mol. The molecule has 12 heteroatoms. The molecule has 0 aliphatic carbocycles. The number of nitrogens with zero attached hydrogens (tertiary/aromatic N) is 4. The van der Waals surface area contributed by atoms with Gasteiger partial charge in [0.05, 0.1) is 28.7 Å². The molecule has 176 valence electrons. The van der Waals surface area contributed by atoms with Gasteiger partial charge in [0.25, 0.3) is 5.91 Å². The second-order valence-electron chi connectivity index (χ2n) is 7.37. The van der Waals surface area contributed by atoms with Crippen molar-refractivity contribution in [2.45, 2.75) is 17.9 Å². The first-order valence-corrected chi connectivity index (χ1v) is 11.3. The quantitative estimate of drug-likeness (QED) is 0.434. The lowest BCUT2D eigenvalue weighted by Gasteiger charge is -2.20. The van der Waals surface area contributed by atoms with Crippen LogP contribution in [0.1, 0.15) is 17.4 Å². The number of carbonyl (C=O) groups excluding carboxylic acids is 1. The number of aromatic nitrogens is 3. The van der Waals surface area contributed by atoms with Crippen LogP contribution in [0.15, 0.2) is 59.9 Å². The molecule has 1 amide bonds. The third-order valence-electron chi connectivity index (χ3n) is 4.85. The smallest absolute Gasteiger partial charge is 0.278 e. The van der Waals surface area contributed by atoms with Crippen molar-refractivity contribution in [3.05, 3.63) is 60.7 Å². The van der Waals surface area contributed by atoms with E-state index in [1.165, 1.54) is 24.5 Å². The van der Waals surface area contributed by atoms with Crippen LogP contribution in [0.4, 0.5) is 11.5 Å². The van der Waals surface area contributed by atoms with Gasteiger partial charge in [0.2, 0.25) is 10.0 Å². The summed E-state index contributed by atoms with van der Waals surface area (Å²) in [7, 11) is 0.110. The van der Waals surface area contributed by atoms with Crippen LogP contribution in [0.3, 0.4) is 0 Å². The Balaban J connectivity index is 0.00000385. The van der Waals surface area contributed by atoms with E-state index in [2.05, 4.69) is 25.0 Å². The Morgan fingerprint density at radius 2 is 1.85 bits per heavy atom. The molecule has 0 saturated heterocycles. The van der Waals surface area contributed by atoms with Crippen molar-refractivity contribution in [3.8, 4) is 11.3 Å². The number of pyridine rings is 1. The molecule has 0 bridgehead atoms. The molecular formula is C21H26ClN7O3S. The van der Waals surface area contributed by atoms with E-state index in [1.54, 1.807) is 30.5 Å². The molecule has 3 rings (SSSR count). The van der Waals surface area contributed by atoms with Gasteiger partial charge in [0.15, 0.2) is 11.5 Å². The summed E-state index contributed by atoms with van der Waals surface area (Å²) in [5, 5.41) is 2.66. The third-order valence-corrected chi connectivity index (χ3v) is 6.29. The van der Waals surface area contributed by atoms with Crippen molar-refractivity contribution in [3.63, 3.8) is 0 Å². The number of nitrogen functional groups attached to an aromatic ring is 1. The first-order valence-electron chi connectivity index (χ1n) is 9.78. The van der Waals surface area contributed by atoms with Gasteiger partial charge in [-0.15, -0.1) is 12.4 Å². The number of hydrogen-bond donors (Lipinski definition) is 3. The molecule has 0 radical (unpaired) electrons. The number of nitrogens with two attached hydrogens (primary N) is 1. The summed E-state index contributed by atoms with van der Waals surface area (Å²) in [4.78, 5) is 26.9. The van der Waals surface area contributed by atoms with Gasteiger partial charge >= 0.3 is 0 Å². The van der Waals surface area contributed by atoms with Gasteiger partial charge in [0, 0.05) is 24.3 Å². The lowest BCUT2D eigenvalue weighted by Crippen LogP contribution is -2.38. The average molecular weight is 492 g/mol. The molecule has 0 saturated carbocycles. The van der Waals surface area contributed by atoms with Crippen LogP contribution in [0.2, 0.25) is 0 Å². The molecule has 4 N–H and O–H groups in total. The summed E-state index contributed by atoms with van der Waals surface area (Å²) in [6, 6.07) is 9.58. The molecule has 0 aliphatic rings.